The fourth-order valence-corrected chi connectivity index (χ4v) is 3.09. The van der Waals surface area contributed by atoms with Crippen molar-refractivity contribution in [1.82, 2.24) is 19.3 Å². The number of hydrogen-bond donors (Lipinski definition) is 1. The molecule has 0 aliphatic rings. The van der Waals surface area contributed by atoms with E-state index < -0.39 is 17.2 Å². The molecule has 0 unspecified atom stereocenters. The zero-order valence-corrected chi connectivity index (χ0v) is 15.5. The van der Waals surface area contributed by atoms with Crippen molar-refractivity contribution in [3.8, 4) is 11.5 Å². The molecule has 0 saturated heterocycles. The summed E-state index contributed by atoms with van der Waals surface area (Å²) in [6.45, 7) is 1.42. The quantitative estimate of drug-likeness (QED) is 0.542. The molecule has 0 aliphatic heterocycles. The molecule has 4 aromatic rings. The van der Waals surface area contributed by atoms with Gasteiger partial charge in [-0.3, -0.25) is 18.7 Å². The van der Waals surface area contributed by atoms with Crippen LogP contribution < -0.4 is 17.0 Å². The van der Waals surface area contributed by atoms with Crippen molar-refractivity contribution < 1.29 is 9.32 Å². The molecule has 1 amide bonds. The number of carbonyl (C=O) groups excluding carboxylic acids is 1. The molecule has 9 nitrogen and oxygen atoms in total. The van der Waals surface area contributed by atoms with E-state index >= 15 is 0 Å². The number of rotatable bonds is 5. The summed E-state index contributed by atoms with van der Waals surface area (Å²) in [5, 5.41) is 4.17. The van der Waals surface area contributed by atoms with Crippen molar-refractivity contribution >= 4 is 16.8 Å². The zero-order valence-electron chi connectivity index (χ0n) is 15.5. The van der Waals surface area contributed by atoms with Crippen molar-refractivity contribution in [3.05, 3.63) is 80.8 Å². The molecule has 2 aromatic carbocycles. The first-order chi connectivity index (χ1) is 13.9. The van der Waals surface area contributed by atoms with Gasteiger partial charge < -0.3 is 10.3 Å². The van der Waals surface area contributed by atoms with Crippen LogP contribution in [0.3, 0.4) is 0 Å². The number of primary amides is 1. The number of aromatic nitrogens is 4. The van der Waals surface area contributed by atoms with Crippen LogP contribution in [0.15, 0.2) is 62.6 Å². The van der Waals surface area contributed by atoms with Gasteiger partial charge in [0.05, 0.1) is 17.4 Å². The second kappa shape index (κ2) is 7.19. The molecule has 0 spiro atoms. The maximum absolute atomic E-state index is 12.9. The summed E-state index contributed by atoms with van der Waals surface area (Å²) in [5.74, 6) is -0.240. The van der Waals surface area contributed by atoms with Gasteiger partial charge in [0.15, 0.2) is 5.82 Å². The van der Waals surface area contributed by atoms with Crippen molar-refractivity contribution in [3.63, 3.8) is 0 Å². The Balaban J connectivity index is 1.79. The minimum atomic E-state index is -0.691. The second-order valence-electron chi connectivity index (χ2n) is 6.63. The standard InChI is InChI=1S/C20H17N5O4/c1-12-6-8-13(9-7-12)18-22-17(23-29-18)11-25-19(27)14-4-2-3-5-15(14)24(20(25)28)10-16(21)26/h2-9H,10-11H2,1H3,(H2,21,26). The van der Waals surface area contributed by atoms with Gasteiger partial charge in [-0.1, -0.05) is 35.0 Å². The van der Waals surface area contributed by atoms with E-state index in [0.29, 0.717) is 5.52 Å². The molecule has 0 aliphatic carbocycles. The molecule has 0 bridgehead atoms. The van der Waals surface area contributed by atoms with Gasteiger partial charge in [-0.2, -0.15) is 4.98 Å². The van der Waals surface area contributed by atoms with E-state index in [2.05, 4.69) is 10.1 Å². The molecule has 9 heteroatoms. The highest BCUT2D eigenvalue weighted by molar-refractivity contribution is 5.80. The number of benzene rings is 2. The maximum Gasteiger partial charge on any atom is 0.332 e. The van der Waals surface area contributed by atoms with Gasteiger partial charge in [0.2, 0.25) is 5.91 Å². The topological polar surface area (TPSA) is 126 Å². The first-order valence-electron chi connectivity index (χ1n) is 8.84. The predicted octanol–water partition coefficient (Wildman–Crippen LogP) is 1.06. The molecule has 0 radical (unpaired) electrons. The van der Waals surface area contributed by atoms with E-state index in [1.165, 1.54) is 4.57 Å². The SMILES string of the molecule is Cc1ccc(-c2nc(Cn3c(=O)c4ccccc4n(CC(N)=O)c3=O)no2)cc1. The molecule has 0 saturated carbocycles. The fourth-order valence-electron chi connectivity index (χ4n) is 3.09. The number of carbonyl (C=O) groups is 1. The molecule has 4 rings (SSSR count). The van der Waals surface area contributed by atoms with Gasteiger partial charge in [0, 0.05) is 5.56 Å². The summed E-state index contributed by atoms with van der Waals surface area (Å²) < 4.78 is 7.40. The fraction of sp³-hybridized carbons (Fsp3) is 0.150. The Kier molecular flexibility index (Phi) is 4.55. The monoisotopic (exact) mass is 391 g/mol. The average molecular weight is 391 g/mol. The van der Waals surface area contributed by atoms with Crippen LogP contribution in [0.2, 0.25) is 0 Å². The summed E-state index contributed by atoms with van der Waals surface area (Å²) in [6, 6.07) is 14.0. The predicted molar refractivity (Wildman–Crippen MR) is 105 cm³/mol. The third-order valence-electron chi connectivity index (χ3n) is 4.51. The van der Waals surface area contributed by atoms with E-state index in [1.54, 1.807) is 24.3 Å². The highest BCUT2D eigenvalue weighted by Gasteiger charge is 2.17. The Hall–Kier alpha value is -4.01. The minimum absolute atomic E-state index is 0.167. The average Bonchev–Trinajstić information content (AvgIpc) is 3.17. The van der Waals surface area contributed by atoms with E-state index in [1.807, 2.05) is 31.2 Å². The summed E-state index contributed by atoms with van der Waals surface area (Å²) in [7, 11) is 0. The number of hydrogen-bond acceptors (Lipinski definition) is 6. The first-order valence-corrected chi connectivity index (χ1v) is 8.84. The van der Waals surface area contributed by atoms with Crippen LogP contribution in [-0.4, -0.2) is 25.2 Å². The highest BCUT2D eigenvalue weighted by Crippen LogP contribution is 2.17. The first kappa shape index (κ1) is 18.4. The normalized spacial score (nSPS) is 11.1. The molecule has 146 valence electrons. The number of nitrogens with two attached hydrogens (primary N) is 1. The number of fused-ring (bicyclic) bond motifs is 1. The smallest absolute Gasteiger partial charge is 0.332 e. The summed E-state index contributed by atoms with van der Waals surface area (Å²) in [6.07, 6.45) is 0. The van der Waals surface area contributed by atoms with Crippen LogP contribution in [0.1, 0.15) is 11.4 Å². The Bertz CT molecular complexity index is 1330. The molecule has 2 N–H and O–H groups in total. The number of amides is 1. The lowest BCUT2D eigenvalue weighted by Crippen LogP contribution is -2.42. The lowest BCUT2D eigenvalue weighted by molar-refractivity contribution is -0.118. The Morgan fingerprint density at radius 3 is 2.52 bits per heavy atom. The van der Waals surface area contributed by atoms with Crippen LogP contribution in [0.4, 0.5) is 0 Å². The van der Waals surface area contributed by atoms with Crippen LogP contribution in [-0.2, 0) is 17.9 Å². The van der Waals surface area contributed by atoms with E-state index in [0.717, 1.165) is 15.7 Å². The van der Waals surface area contributed by atoms with Crippen molar-refractivity contribution in [2.45, 2.75) is 20.0 Å². The van der Waals surface area contributed by atoms with E-state index in [-0.39, 0.29) is 30.2 Å². The molecular weight excluding hydrogens is 374 g/mol. The highest BCUT2D eigenvalue weighted by atomic mass is 16.5. The molecular formula is C20H17N5O4. The number of nitrogens with zero attached hydrogens (tertiary/aromatic N) is 4. The van der Waals surface area contributed by atoms with Crippen molar-refractivity contribution in [1.29, 1.82) is 0 Å². The van der Waals surface area contributed by atoms with E-state index in [4.69, 9.17) is 10.3 Å². The minimum Gasteiger partial charge on any atom is -0.368 e. The molecule has 0 fully saturated rings. The summed E-state index contributed by atoms with van der Waals surface area (Å²) >= 11 is 0. The van der Waals surface area contributed by atoms with Crippen LogP contribution in [0, 0.1) is 6.92 Å². The van der Waals surface area contributed by atoms with Crippen molar-refractivity contribution in [2.75, 3.05) is 0 Å². The van der Waals surface area contributed by atoms with Gasteiger partial charge in [0.1, 0.15) is 6.54 Å². The third kappa shape index (κ3) is 3.45. The number of para-hydroxylation sites is 1. The van der Waals surface area contributed by atoms with Crippen molar-refractivity contribution in [2.24, 2.45) is 5.73 Å². The molecule has 0 atom stereocenters. The lowest BCUT2D eigenvalue weighted by Gasteiger charge is -2.11. The van der Waals surface area contributed by atoms with Gasteiger partial charge >= 0.3 is 5.69 Å². The van der Waals surface area contributed by atoms with Gasteiger partial charge in [-0.05, 0) is 31.2 Å². The van der Waals surface area contributed by atoms with Gasteiger partial charge in [0.25, 0.3) is 11.4 Å². The second-order valence-corrected chi connectivity index (χ2v) is 6.63. The van der Waals surface area contributed by atoms with Gasteiger partial charge in [-0.15, -0.1) is 0 Å². The Labute approximate surface area is 164 Å². The summed E-state index contributed by atoms with van der Waals surface area (Å²) in [5.41, 5.74) is 6.26. The molecule has 2 aromatic heterocycles. The van der Waals surface area contributed by atoms with E-state index in [9.17, 15) is 14.4 Å². The Morgan fingerprint density at radius 2 is 1.79 bits per heavy atom. The van der Waals surface area contributed by atoms with Crippen LogP contribution in [0.5, 0.6) is 0 Å². The van der Waals surface area contributed by atoms with Crippen LogP contribution in [0.25, 0.3) is 22.4 Å². The summed E-state index contributed by atoms with van der Waals surface area (Å²) in [4.78, 5) is 41.5. The van der Waals surface area contributed by atoms with Gasteiger partial charge in [-0.25, -0.2) is 4.79 Å². The maximum atomic E-state index is 12.9. The molecule has 2 heterocycles. The lowest BCUT2D eigenvalue weighted by atomic mass is 10.1. The molecule has 29 heavy (non-hydrogen) atoms. The third-order valence-corrected chi connectivity index (χ3v) is 4.51. The largest absolute Gasteiger partial charge is 0.368 e. The number of aryl methyl sites for hydroxylation is 1. The van der Waals surface area contributed by atoms with Crippen LogP contribution >= 0.6 is 0 Å². The Morgan fingerprint density at radius 1 is 1.07 bits per heavy atom. The zero-order chi connectivity index (χ0) is 20.5.